The minimum absolute atomic E-state index is 0.0270. The lowest BCUT2D eigenvalue weighted by molar-refractivity contribution is -0.141. The number of carbonyl (C=O) groups is 1. The van der Waals surface area contributed by atoms with Crippen LogP contribution in [-0.4, -0.2) is 35.5 Å². The second kappa shape index (κ2) is 4.34. The molecule has 0 saturated heterocycles. The average molecular weight is 253 g/mol. The molecule has 0 radical (unpaired) electrons. The van der Waals surface area contributed by atoms with E-state index in [1.54, 1.807) is 6.92 Å². The number of nitrogens with zero attached hydrogens (tertiary/aromatic N) is 1. The zero-order chi connectivity index (χ0) is 13.6. The molecule has 0 aromatic heterocycles. The molecule has 4 heteroatoms. The summed E-state index contributed by atoms with van der Waals surface area (Å²) in [6.45, 7) is 8.43. The fourth-order valence-electron chi connectivity index (χ4n) is 3.55. The molecular weight excluding hydrogens is 230 g/mol. The van der Waals surface area contributed by atoms with E-state index in [2.05, 4.69) is 18.8 Å². The second-order valence-corrected chi connectivity index (χ2v) is 6.23. The molecule has 3 rings (SSSR count). The van der Waals surface area contributed by atoms with Crippen LogP contribution in [0.3, 0.4) is 0 Å². The Hall–Kier alpha value is -0.900. The molecule has 3 aliphatic rings. The van der Waals surface area contributed by atoms with Gasteiger partial charge in [-0.05, 0) is 43.9 Å². The van der Waals surface area contributed by atoms with E-state index in [1.807, 2.05) is 6.92 Å². The van der Waals surface area contributed by atoms with Crippen molar-refractivity contribution in [2.75, 3.05) is 13.2 Å². The molecule has 0 spiro atoms. The molecule has 0 aromatic rings. The lowest BCUT2D eigenvalue weighted by atomic mass is 9.44. The first kappa shape index (κ1) is 13.5. The number of esters is 1. The summed E-state index contributed by atoms with van der Waals surface area (Å²) in [5, 5.41) is 10.6. The highest BCUT2D eigenvalue weighted by Gasteiger charge is 2.61. The Morgan fingerprint density at radius 2 is 2.17 bits per heavy atom. The highest BCUT2D eigenvalue weighted by Crippen LogP contribution is 2.61. The minimum Gasteiger partial charge on any atom is -0.465 e. The molecular formula is C14H23NO3. The van der Waals surface area contributed by atoms with Gasteiger partial charge in [0.2, 0.25) is 0 Å². The Bertz CT molecular complexity index is 385. The number of aliphatic imine (C=N–C) groups is 1. The standard InChI is InChI=1S/C14H23NO3/c1-5-18-12(16)8-15-11-7-9-6-10(13(9,2)3)14(11,4)17/h9-10,17H,5-8H2,1-4H3/b15-11-/t9?,10?,14-/m1/s1. The third-order valence-corrected chi connectivity index (χ3v) is 4.88. The number of rotatable bonds is 3. The minimum atomic E-state index is -0.870. The molecule has 4 nitrogen and oxygen atoms in total. The molecule has 2 bridgehead atoms. The predicted octanol–water partition coefficient (Wildman–Crippen LogP) is 1.81. The highest BCUT2D eigenvalue weighted by molar-refractivity contribution is 5.95. The van der Waals surface area contributed by atoms with Crippen LogP contribution in [0.5, 0.6) is 0 Å². The SMILES string of the molecule is CCOC(=O)C/N=C1/CC2CC(C2(C)C)[C@@]1(C)O. The van der Waals surface area contributed by atoms with Crippen LogP contribution in [0.2, 0.25) is 0 Å². The van der Waals surface area contributed by atoms with Crippen molar-refractivity contribution in [2.45, 2.75) is 46.1 Å². The van der Waals surface area contributed by atoms with E-state index in [4.69, 9.17) is 4.74 Å². The van der Waals surface area contributed by atoms with Gasteiger partial charge in [0.05, 0.1) is 6.61 Å². The number of hydrogen-bond acceptors (Lipinski definition) is 4. The summed E-state index contributed by atoms with van der Waals surface area (Å²) >= 11 is 0. The van der Waals surface area contributed by atoms with Gasteiger partial charge in [-0.2, -0.15) is 0 Å². The molecule has 102 valence electrons. The van der Waals surface area contributed by atoms with Crippen molar-refractivity contribution in [1.82, 2.24) is 0 Å². The maximum absolute atomic E-state index is 11.3. The van der Waals surface area contributed by atoms with E-state index in [9.17, 15) is 9.90 Å². The van der Waals surface area contributed by atoms with Gasteiger partial charge in [0.1, 0.15) is 12.1 Å². The summed E-state index contributed by atoms with van der Waals surface area (Å²) in [4.78, 5) is 15.6. The van der Waals surface area contributed by atoms with Crippen molar-refractivity contribution in [3.8, 4) is 0 Å². The molecule has 0 aromatic carbocycles. The van der Waals surface area contributed by atoms with E-state index in [1.165, 1.54) is 0 Å². The molecule has 2 unspecified atom stereocenters. The van der Waals surface area contributed by atoms with Crippen molar-refractivity contribution < 1.29 is 14.6 Å². The summed E-state index contributed by atoms with van der Waals surface area (Å²) in [6.07, 6.45) is 1.87. The summed E-state index contributed by atoms with van der Waals surface area (Å²) in [5.74, 6) is 0.521. The average Bonchev–Trinajstić information content (AvgIpc) is 2.26. The first-order valence-corrected chi connectivity index (χ1v) is 6.72. The Balaban J connectivity index is 2.08. The maximum atomic E-state index is 11.3. The number of ether oxygens (including phenoxy) is 1. The van der Waals surface area contributed by atoms with E-state index >= 15 is 0 Å². The van der Waals surface area contributed by atoms with Gasteiger partial charge in [-0.3, -0.25) is 9.79 Å². The van der Waals surface area contributed by atoms with Crippen molar-refractivity contribution in [3.05, 3.63) is 0 Å². The van der Waals surface area contributed by atoms with Crippen LogP contribution < -0.4 is 0 Å². The predicted molar refractivity (Wildman–Crippen MR) is 69.6 cm³/mol. The Labute approximate surface area is 108 Å². The number of carbonyl (C=O) groups excluding carboxylic acids is 1. The Morgan fingerprint density at radius 3 is 2.67 bits per heavy atom. The Morgan fingerprint density at radius 1 is 1.50 bits per heavy atom. The smallest absolute Gasteiger partial charge is 0.327 e. The summed E-state index contributed by atoms with van der Waals surface area (Å²) in [6, 6.07) is 0. The quantitative estimate of drug-likeness (QED) is 0.780. The molecule has 3 aliphatic carbocycles. The fourth-order valence-corrected chi connectivity index (χ4v) is 3.55. The van der Waals surface area contributed by atoms with Crippen LogP contribution in [0.4, 0.5) is 0 Å². The van der Waals surface area contributed by atoms with E-state index in [-0.39, 0.29) is 23.8 Å². The number of aliphatic hydroxyl groups is 1. The largest absolute Gasteiger partial charge is 0.465 e. The third-order valence-electron chi connectivity index (χ3n) is 4.88. The van der Waals surface area contributed by atoms with Crippen LogP contribution in [0.1, 0.15) is 40.5 Å². The first-order valence-electron chi connectivity index (χ1n) is 6.72. The maximum Gasteiger partial charge on any atom is 0.327 e. The van der Waals surface area contributed by atoms with Crippen LogP contribution in [-0.2, 0) is 9.53 Å². The number of hydrogen-bond donors (Lipinski definition) is 1. The van der Waals surface area contributed by atoms with E-state index in [0.29, 0.717) is 12.5 Å². The van der Waals surface area contributed by atoms with Gasteiger partial charge >= 0.3 is 5.97 Å². The van der Waals surface area contributed by atoms with E-state index < -0.39 is 5.60 Å². The normalized spacial score (nSPS) is 39.3. The second-order valence-electron chi connectivity index (χ2n) is 6.23. The van der Waals surface area contributed by atoms with Crippen LogP contribution >= 0.6 is 0 Å². The molecule has 1 N–H and O–H groups in total. The first-order chi connectivity index (χ1) is 8.30. The van der Waals surface area contributed by atoms with Gasteiger partial charge in [0.15, 0.2) is 0 Å². The zero-order valence-corrected chi connectivity index (χ0v) is 11.7. The summed E-state index contributed by atoms with van der Waals surface area (Å²) < 4.78 is 4.85. The van der Waals surface area contributed by atoms with E-state index in [0.717, 1.165) is 18.6 Å². The number of fused-ring (bicyclic) bond motifs is 2. The van der Waals surface area contributed by atoms with Gasteiger partial charge in [-0.1, -0.05) is 13.8 Å². The lowest BCUT2D eigenvalue weighted by Gasteiger charge is -2.62. The monoisotopic (exact) mass is 253 g/mol. The molecule has 3 fully saturated rings. The van der Waals surface area contributed by atoms with Crippen LogP contribution in [0, 0.1) is 17.3 Å². The molecule has 18 heavy (non-hydrogen) atoms. The Kier molecular flexibility index (Phi) is 3.26. The molecule has 0 aliphatic heterocycles. The van der Waals surface area contributed by atoms with Gasteiger partial charge in [0.25, 0.3) is 0 Å². The topological polar surface area (TPSA) is 58.9 Å². The fraction of sp³-hybridized carbons (Fsp3) is 0.857. The summed E-state index contributed by atoms with van der Waals surface area (Å²) in [7, 11) is 0. The zero-order valence-electron chi connectivity index (χ0n) is 11.7. The third kappa shape index (κ3) is 1.96. The molecule has 0 heterocycles. The van der Waals surface area contributed by atoms with Crippen LogP contribution in [0.25, 0.3) is 0 Å². The van der Waals surface area contributed by atoms with Crippen LogP contribution in [0.15, 0.2) is 4.99 Å². The lowest BCUT2D eigenvalue weighted by Crippen LogP contribution is -2.64. The van der Waals surface area contributed by atoms with Gasteiger partial charge < -0.3 is 9.84 Å². The van der Waals surface area contributed by atoms with Gasteiger partial charge in [-0.25, -0.2) is 0 Å². The van der Waals surface area contributed by atoms with Gasteiger partial charge in [0, 0.05) is 5.71 Å². The van der Waals surface area contributed by atoms with Crippen molar-refractivity contribution in [2.24, 2.45) is 22.2 Å². The molecule has 3 saturated carbocycles. The van der Waals surface area contributed by atoms with Crippen molar-refractivity contribution >= 4 is 11.7 Å². The summed E-state index contributed by atoms with van der Waals surface area (Å²) in [5.41, 5.74) is 0.0909. The molecule has 3 atom stereocenters. The van der Waals surface area contributed by atoms with Gasteiger partial charge in [-0.15, -0.1) is 0 Å². The van der Waals surface area contributed by atoms with Crippen molar-refractivity contribution in [1.29, 1.82) is 0 Å². The van der Waals surface area contributed by atoms with Crippen molar-refractivity contribution in [3.63, 3.8) is 0 Å². The molecule has 0 amide bonds. The highest BCUT2D eigenvalue weighted by atomic mass is 16.5.